The number of nitrogens with one attached hydrogen (secondary N) is 1. The minimum absolute atomic E-state index is 0.0511. The van der Waals surface area contributed by atoms with Crippen molar-refractivity contribution in [2.45, 2.75) is 25.8 Å². The Kier molecular flexibility index (Phi) is 6.64. The summed E-state index contributed by atoms with van der Waals surface area (Å²) in [5.41, 5.74) is 13.5. The van der Waals surface area contributed by atoms with E-state index in [4.69, 9.17) is 23.1 Å². The number of carbonyl (C=O) groups is 2. The van der Waals surface area contributed by atoms with Crippen LogP contribution in [0.25, 0.3) is 0 Å². The molecule has 0 bridgehead atoms. The number of carbonyl (C=O) groups excluding carboxylic acids is 2. The van der Waals surface area contributed by atoms with Crippen LogP contribution >= 0.6 is 11.6 Å². The molecule has 0 aliphatic carbocycles. The molecule has 0 unspecified atom stereocenters. The molecule has 7 nitrogen and oxygen atoms in total. The molecular weight excluding hydrogens is 402 g/mol. The average Bonchev–Trinajstić information content (AvgIpc) is 2.71. The Morgan fingerprint density at radius 3 is 2.53 bits per heavy atom. The first kappa shape index (κ1) is 21.3. The van der Waals surface area contributed by atoms with Gasteiger partial charge in [-0.05, 0) is 29.7 Å². The van der Waals surface area contributed by atoms with Crippen molar-refractivity contribution in [3.05, 3.63) is 87.8 Å². The van der Waals surface area contributed by atoms with Crippen LogP contribution in [0, 0.1) is 0 Å². The molecule has 1 atom stereocenters. The molecule has 8 heteroatoms. The van der Waals surface area contributed by atoms with Crippen LogP contribution < -0.4 is 16.8 Å². The molecule has 2 aromatic carbocycles. The number of primary amides is 2. The zero-order valence-electron chi connectivity index (χ0n) is 16.4. The van der Waals surface area contributed by atoms with Crippen molar-refractivity contribution in [1.82, 2.24) is 9.97 Å². The molecule has 0 saturated carbocycles. The number of benzene rings is 2. The van der Waals surface area contributed by atoms with E-state index >= 15 is 0 Å². The van der Waals surface area contributed by atoms with Crippen LogP contribution in [0.4, 0.5) is 5.82 Å². The molecule has 0 aliphatic heterocycles. The zero-order chi connectivity index (χ0) is 21.7. The van der Waals surface area contributed by atoms with Crippen LogP contribution in [-0.2, 0) is 17.6 Å². The van der Waals surface area contributed by atoms with Crippen LogP contribution in [-0.4, -0.2) is 21.8 Å². The Morgan fingerprint density at radius 2 is 1.87 bits per heavy atom. The second kappa shape index (κ2) is 9.37. The van der Waals surface area contributed by atoms with Gasteiger partial charge < -0.3 is 16.8 Å². The van der Waals surface area contributed by atoms with Gasteiger partial charge in [0.15, 0.2) is 0 Å². The van der Waals surface area contributed by atoms with Crippen LogP contribution in [0.5, 0.6) is 0 Å². The number of anilines is 1. The fraction of sp³-hybridized carbons (Fsp3) is 0.182. The zero-order valence-corrected chi connectivity index (χ0v) is 17.2. The van der Waals surface area contributed by atoms with E-state index in [0.717, 1.165) is 11.1 Å². The molecule has 0 spiro atoms. The number of amides is 2. The average molecular weight is 424 g/mol. The summed E-state index contributed by atoms with van der Waals surface area (Å²) in [5.74, 6) is -0.206. The predicted octanol–water partition coefficient (Wildman–Crippen LogP) is 3.02. The maximum Gasteiger partial charge on any atom is 0.254 e. The standard InChI is InChI=1S/C22H22ClN5O2/c1-13(15-5-3-2-4-6-15)27-22-17(21(25)30)12-26-20(28-22)10-14-7-8-18(23)16(9-14)11-19(24)29/h2-9,12-13H,10-11H2,1H3,(H2,24,29)(H2,25,30)(H,26,27,28)/t13-/m1/s1. The number of nitrogens with two attached hydrogens (primary N) is 2. The summed E-state index contributed by atoms with van der Waals surface area (Å²) in [7, 11) is 0. The smallest absolute Gasteiger partial charge is 0.254 e. The van der Waals surface area contributed by atoms with E-state index in [1.807, 2.05) is 43.3 Å². The van der Waals surface area contributed by atoms with Gasteiger partial charge in [-0.1, -0.05) is 54.1 Å². The van der Waals surface area contributed by atoms with E-state index in [1.165, 1.54) is 6.20 Å². The Balaban J connectivity index is 1.87. The Bertz CT molecular complexity index is 1070. The monoisotopic (exact) mass is 423 g/mol. The van der Waals surface area contributed by atoms with Gasteiger partial charge in [0.05, 0.1) is 12.0 Å². The Morgan fingerprint density at radius 1 is 1.13 bits per heavy atom. The third-order valence-electron chi connectivity index (χ3n) is 4.59. The van der Waals surface area contributed by atoms with Gasteiger partial charge in [0.25, 0.3) is 5.91 Å². The molecule has 0 aliphatic rings. The highest BCUT2D eigenvalue weighted by molar-refractivity contribution is 6.31. The lowest BCUT2D eigenvalue weighted by Crippen LogP contribution is -2.19. The van der Waals surface area contributed by atoms with Crippen LogP contribution in [0.15, 0.2) is 54.7 Å². The molecule has 154 valence electrons. The van der Waals surface area contributed by atoms with Crippen LogP contribution in [0.3, 0.4) is 0 Å². The fourth-order valence-corrected chi connectivity index (χ4v) is 3.25. The van der Waals surface area contributed by atoms with Gasteiger partial charge in [-0.2, -0.15) is 0 Å². The van der Waals surface area contributed by atoms with E-state index < -0.39 is 11.8 Å². The van der Waals surface area contributed by atoms with Crippen molar-refractivity contribution in [1.29, 1.82) is 0 Å². The number of halogens is 1. The second-order valence-corrected chi connectivity index (χ2v) is 7.34. The highest BCUT2D eigenvalue weighted by Crippen LogP contribution is 2.23. The fourth-order valence-electron chi connectivity index (χ4n) is 3.07. The molecule has 3 rings (SSSR count). The summed E-state index contributed by atoms with van der Waals surface area (Å²) in [6.45, 7) is 1.97. The number of hydrogen-bond donors (Lipinski definition) is 3. The number of aromatic nitrogens is 2. The molecule has 0 radical (unpaired) electrons. The van der Waals surface area contributed by atoms with Crippen molar-refractivity contribution in [2.75, 3.05) is 5.32 Å². The van der Waals surface area contributed by atoms with E-state index in [2.05, 4.69) is 15.3 Å². The van der Waals surface area contributed by atoms with Crippen molar-refractivity contribution in [3.8, 4) is 0 Å². The highest BCUT2D eigenvalue weighted by atomic mass is 35.5. The van der Waals surface area contributed by atoms with Gasteiger partial charge in [0.2, 0.25) is 5.91 Å². The highest BCUT2D eigenvalue weighted by Gasteiger charge is 2.16. The quantitative estimate of drug-likeness (QED) is 0.513. The number of nitrogens with zero attached hydrogens (tertiary/aromatic N) is 2. The Hall–Kier alpha value is -3.45. The number of rotatable bonds is 8. The lowest BCUT2D eigenvalue weighted by molar-refractivity contribution is -0.117. The summed E-state index contributed by atoms with van der Waals surface area (Å²) in [6, 6.07) is 15.0. The molecular formula is C22H22ClN5O2. The first-order chi connectivity index (χ1) is 14.3. The summed E-state index contributed by atoms with van der Waals surface area (Å²) < 4.78 is 0. The third-order valence-corrected chi connectivity index (χ3v) is 4.96. The van der Waals surface area contributed by atoms with E-state index in [9.17, 15) is 9.59 Å². The lowest BCUT2D eigenvalue weighted by Gasteiger charge is -2.17. The summed E-state index contributed by atoms with van der Waals surface area (Å²) in [6.07, 6.45) is 1.86. The molecule has 0 fully saturated rings. The summed E-state index contributed by atoms with van der Waals surface area (Å²) in [5, 5.41) is 3.72. The molecule has 5 N–H and O–H groups in total. The van der Waals surface area contributed by atoms with Gasteiger partial charge in [-0.3, -0.25) is 9.59 Å². The molecule has 3 aromatic rings. The first-order valence-electron chi connectivity index (χ1n) is 9.36. The third kappa shape index (κ3) is 5.33. The molecule has 0 saturated heterocycles. The molecule has 1 heterocycles. The van der Waals surface area contributed by atoms with E-state index in [-0.39, 0.29) is 18.0 Å². The topological polar surface area (TPSA) is 124 Å². The van der Waals surface area contributed by atoms with Crippen molar-refractivity contribution in [3.63, 3.8) is 0 Å². The first-order valence-corrected chi connectivity index (χ1v) is 9.74. The molecule has 1 aromatic heterocycles. The minimum atomic E-state index is -0.612. The van der Waals surface area contributed by atoms with Gasteiger partial charge in [-0.15, -0.1) is 0 Å². The largest absolute Gasteiger partial charge is 0.369 e. The maximum absolute atomic E-state index is 11.8. The van der Waals surface area contributed by atoms with Crippen molar-refractivity contribution in [2.24, 2.45) is 11.5 Å². The van der Waals surface area contributed by atoms with Crippen LogP contribution in [0.2, 0.25) is 5.02 Å². The van der Waals surface area contributed by atoms with Gasteiger partial charge in [0, 0.05) is 23.7 Å². The number of hydrogen-bond acceptors (Lipinski definition) is 5. The lowest BCUT2D eigenvalue weighted by atomic mass is 10.0. The SMILES string of the molecule is C[C@@H](Nc1nc(Cc2ccc(Cl)c(CC(N)=O)c2)ncc1C(N)=O)c1ccccc1. The molecule has 2 amide bonds. The van der Waals surface area contributed by atoms with Crippen molar-refractivity contribution >= 4 is 29.2 Å². The normalized spacial score (nSPS) is 11.7. The van der Waals surface area contributed by atoms with Crippen LogP contribution in [0.1, 0.15) is 45.8 Å². The molecule has 30 heavy (non-hydrogen) atoms. The second-order valence-electron chi connectivity index (χ2n) is 6.94. The summed E-state index contributed by atoms with van der Waals surface area (Å²) in [4.78, 5) is 31.9. The van der Waals surface area contributed by atoms with E-state index in [0.29, 0.717) is 28.6 Å². The van der Waals surface area contributed by atoms with Crippen molar-refractivity contribution < 1.29 is 9.59 Å². The van der Waals surface area contributed by atoms with E-state index in [1.54, 1.807) is 12.1 Å². The maximum atomic E-state index is 11.8. The van der Waals surface area contributed by atoms with Gasteiger partial charge >= 0.3 is 0 Å². The summed E-state index contributed by atoms with van der Waals surface area (Å²) >= 11 is 6.14. The Labute approximate surface area is 179 Å². The predicted molar refractivity (Wildman–Crippen MR) is 116 cm³/mol. The minimum Gasteiger partial charge on any atom is -0.369 e. The van der Waals surface area contributed by atoms with Gasteiger partial charge in [-0.25, -0.2) is 9.97 Å². The van der Waals surface area contributed by atoms with Gasteiger partial charge in [0.1, 0.15) is 11.6 Å².